The van der Waals surface area contributed by atoms with E-state index in [-0.39, 0.29) is 32.0 Å². The van der Waals surface area contributed by atoms with Crippen molar-refractivity contribution in [3.8, 4) is 0 Å². The van der Waals surface area contributed by atoms with E-state index in [1.54, 1.807) is 0 Å². The Morgan fingerprint density at radius 1 is 0.314 bits per heavy atom. The summed E-state index contributed by atoms with van der Waals surface area (Å²) in [6.45, 7) is 4.17. The standard InChI is InChI=1S/C92H166NO8P/c1-6-8-10-12-14-16-18-20-22-24-26-28-30-32-34-36-38-40-42-44-45-46-47-49-50-52-54-56-58-60-62-64-66-68-70-72-74-76-78-80-82-84-91(94)98-88-90(89-100-102(96,97)99-87-86-93(3,4)5)101-92(95)85-83-81-79-77-75-73-71-69-67-65-63-61-59-57-55-53-51-48-43-41-39-37-35-33-31-29-27-25-23-21-19-17-15-13-11-9-7-2/h9,11,15,17,21,23,27,29,33,35,39,41,48,51,55,57,61,63,90H,6-8,10,12-14,16,18-20,22,24-26,28,30-32,34,36-38,40,42-47,49-50,52-54,56,58-60,62,64-89H2,1-5H3/b11-9-,17-15-,23-21-,29-27-,35-33-,41-39-,51-48-,57-55-,63-61-. The Bertz CT molecular complexity index is 2100. The smallest absolute Gasteiger partial charge is 0.306 e. The summed E-state index contributed by atoms with van der Waals surface area (Å²) < 4.78 is 34.4. The monoisotopic (exact) mass is 1440 g/mol. The predicted molar refractivity (Wildman–Crippen MR) is 443 cm³/mol. The van der Waals surface area contributed by atoms with Crippen molar-refractivity contribution in [2.75, 3.05) is 47.5 Å². The van der Waals surface area contributed by atoms with E-state index in [1.165, 1.54) is 276 Å². The number of quaternary nitrogens is 1. The van der Waals surface area contributed by atoms with E-state index < -0.39 is 26.5 Å². The van der Waals surface area contributed by atoms with E-state index in [0.717, 1.165) is 103 Å². The number of ether oxygens (including phenoxy) is 2. The van der Waals surface area contributed by atoms with Crippen LogP contribution in [0.4, 0.5) is 0 Å². The van der Waals surface area contributed by atoms with Crippen molar-refractivity contribution >= 4 is 19.8 Å². The van der Waals surface area contributed by atoms with Gasteiger partial charge in [0.2, 0.25) is 0 Å². The quantitative estimate of drug-likeness (QED) is 0.0195. The molecule has 2 unspecified atom stereocenters. The molecule has 0 bridgehead atoms. The van der Waals surface area contributed by atoms with Gasteiger partial charge in [0.1, 0.15) is 19.8 Å². The van der Waals surface area contributed by atoms with Crippen LogP contribution >= 0.6 is 7.82 Å². The molecule has 0 aromatic carbocycles. The van der Waals surface area contributed by atoms with Gasteiger partial charge in [0.15, 0.2) is 6.10 Å². The molecule has 0 saturated heterocycles. The molecule has 592 valence electrons. The van der Waals surface area contributed by atoms with Gasteiger partial charge in [0.05, 0.1) is 27.7 Å². The van der Waals surface area contributed by atoms with E-state index in [9.17, 15) is 19.0 Å². The van der Waals surface area contributed by atoms with Crippen molar-refractivity contribution in [3.63, 3.8) is 0 Å². The minimum absolute atomic E-state index is 0.0348. The second kappa shape index (κ2) is 81.7. The first kappa shape index (κ1) is 98.7. The van der Waals surface area contributed by atoms with E-state index in [0.29, 0.717) is 17.4 Å². The van der Waals surface area contributed by atoms with Crippen molar-refractivity contribution in [1.29, 1.82) is 0 Å². The molecule has 0 aromatic rings. The van der Waals surface area contributed by atoms with E-state index in [4.69, 9.17) is 18.5 Å². The molecule has 10 heteroatoms. The maximum Gasteiger partial charge on any atom is 0.306 e. The molecule has 9 nitrogen and oxygen atoms in total. The van der Waals surface area contributed by atoms with Crippen LogP contribution in [0.15, 0.2) is 109 Å². The number of rotatable bonds is 81. The summed E-state index contributed by atoms with van der Waals surface area (Å²) in [5, 5.41) is 0. The lowest BCUT2D eigenvalue weighted by atomic mass is 10.0. The first-order chi connectivity index (χ1) is 50.0. The number of allylic oxidation sites excluding steroid dienone is 18. The van der Waals surface area contributed by atoms with Crippen LogP contribution in [-0.4, -0.2) is 70.0 Å². The number of nitrogens with zero attached hydrogens (tertiary/aromatic N) is 1. The molecule has 0 heterocycles. The lowest BCUT2D eigenvalue weighted by molar-refractivity contribution is -0.870. The number of unbranched alkanes of at least 4 members (excludes halogenated alkanes) is 49. The number of phosphoric acid groups is 1. The Kier molecular flexibility index (Phi) is 79.1. The Hall–Kier alpha value is -3.33. The van der Waals surface area contributed by atoms with Crippen LogP contribution in [0.2, 0.25) is 0 Å². The summed E-state index contributed by atoms with van der Waals surface area (Å²) >= 11 is 0. The van der Waals surface area contributed by atoms with Gasteiger partial charge in [-0.1, -0.05) is 425 Å². The van der Waals surface area contributed by atoms with Gasteiger partial charge >= 0.3 is 11.9 Å². The van der Waals surface area contributed by atoms with E-state index in [2.05, 4.69) is 123 Å². The lowest BCUT2D eigenvalue weighted by Crippen LogP contribution is -2.37. The number of carbonyl (C=O) groups excluding carboxylic acids is 2. The summed E-state index contributed by atoms with van der Waals surface area (Å²) in [5.41, 5.74) is 0. The molecule has 0 saturated carbocycles. The third kappa shape index (κ3) is 85.6. The minimum atomic E-state index is -4.65. The summed E-state index contributed by atoms with van der Waals surface area (Å²) in [5.74, 6) is -0.828. The SMILES string of the molecule is CC/C=C\C/C=C\C/C=C\C/C=C\C/C=C\C/C=C\C/C=C\C/C=C\C/C=C\CCCCCCCCCCCC(=O)OC(COC(=O)CCCCCCCCCCCCCCCCCCCCCCCCCCCCCCCCCCCCCCCCCCC)COP(=O)([O-])OCC[N+](C)(C)C. The van der Waals surface area contributed by atoms with Gasteiger partial charge in [-0.25, -0.2) is 0 Å². The molecule has 0 aliphatic heterocycles. The molecule has 0 spiro atoms. The molecule has 0 amide bonds. The second-order valence-electron chi connectivity index (χ2n) is 30.5. The van der Waals surface area contributed by atoms with Crippen molar-refractivity contribution < 1.29 is 42.1 Å². The predicted octanol–water partition coefficient (Wildman–Crippen LogP) is 28.9. The van der Waals surface area contributed by atoms with Crippen LogP contribution in [0.1, 0.15) is 412 Å². The number of esters is 2. The molecule has 0 aliphatic carbocycles. The average molecular weight is 1450 g/mol. The lowest BCUT2D eigenvalue weighted by Gasteiger charge is -2.28. The molecule has 102 heavy (non-hydrogen) atoms. The maximum atomic E-state index is 12.9. The molecule has 0 aliphatic rings. The number of carbonyl (C=O) groups is 2. The highest BCUT2D eigenvalue weighted by Gasteiger charge is 2.22. The Morgan fingerprint density at radius 3 is 0.833 bits per heavy atom. The number of hydrogen-bond donors (Lipinski definition) is 0. The fraction of sp³-hybridized carbons (Fsp3) is 0.783. The Balaban J connectivity index is 3.93. The second-order valence-corrected chi connectivity index (χ2v) is 31.9. The third-order valence-corrected chi connectivity index (χ3v) is 20.3. The minimum Gasteiger partial charge on any atom is -0.756 e. The van der Waals surface area contributed by atoms with Crippen LogP contribution in [-0.2, 0) is 32.7 Å². The van der Waals surface area contributed by atoms with Crippen LogP contribution in [0.25, 0.3) is 0 Å². The zero-order valence-corrected chi connectivity index (χ0v) is 68.7. The normalized spacial score (nSPS) is 13.5. The first-order valence-corrected chi connectivity index (χ1v) is 45.1. The first-order valence-electron chi connectivity index (χ1n) is 43.6. The number of likely N-dealkylation sites (N-methyl/N-ethyl adjacent to an activating group) is 1. The summed E-state index contributed by atoms with van der Waals surface area (Å²) in [4.78, 5) is 38.2. The highest BCUT2D eigenvalue weighted by Crippen LogP contribution is 2.38. The number of hydrogen-bond acceptors (Lipinski definition) is 8. The van der Waals surface area contributed by atoms with E-state index in [1.807, 2.05) is 21.1 Å². The van der Waals surface area contributed by atoms with Crippen molar-refractivity contribution in [2.45, 2.75) is 418 Å². The summed E-state index contributed by atoms with van der Waals surface area (Å²) in [6.07, 6.45) is 117. The summed E-state index contributed by atoms with van der Waals surface area (Å²) in [6, 6.07) is 0. The zero-order valence-electron chi connectivity index (χ0n) is 67.8. The van der Waals surface area contributed by atoms with Gasteiger partial charge in [-0.05, 0) is 83.5 Å². The van der Waals surface area contributed by atoms with E-state index >= 15 is 0 Å². The van der Waals surface area contributed by atoms with Crippen LogP contribution in [0.5, 0.6) is 0 Å². The van der Waals surface area contributed by atoms with Gasteiger partial charge in [0.25, 0.3) is 7.82 Å². The highest BCUT2D eigenvalue weighted by atomic mass is 31.2. The molecular weight excluding hydrogens is 1280 g/mol. The Labute approximate surface area is 633 Å². The van der Waals surface area contributed by atoms with Crippen molar-refractivity contribution in [2.24, 2.45) is 0 Å². The van der Waals surface area contributed by atoms with Gasteiger partial charge in [-0.2, -0.15) is 0 Å². The van der Waals surface area contributed by atoms with Crippen LogP contribution < -0.4 is 4.89 Å². The molecule has 0 aromatic heterocycles. The molecule has 2 atom stereocenters. The topological polar surface area (TPSA) is 111 Å². The van der Waals surface area contributed by atoms with Crippen molar-refractivity contribution in [3.05, 3.63) is 109 Å². The fourth-order valence-electron chi connectivity index (χ4n) is 12.7. The van der Waals surface area contributed by atoms with Gasteiger partial charge in [-0.15, -0.1) is 0 Å². The fourth-order valence-corrected chi connectivity index (χ4v) is 13.4. The van der Waals surface area contributed by atoms with Crippen molar-refractivity contribution in [1.82, 2.24) is 0 Å². The third-order valence-electron chi connectivity index (χ3n) is 19.3. The number of phosphoric ester groups is 1. The molecule has 0 radical (unpaired) electrons. The molecule has 0 rings (SSSR count). The van der Waals surface area contributed by atoms with Crippen LogP contribution in [0, 0.1) is 0 Å². The Morgan fingerprint density at radius 2 is 0.559 bits per heavy atom. The molecular formula is C92H166NO8P. The molecule has 0 N–H and O–H groups in total. The van der Waals surface area contributed by atoms with Gasteiger partial charge < -0.3 is 27.9 Å². The maximum absolute atomic E-state index is 12.9. The zero-order chi connectivity index (χ0) is 74.0. The highest BCUT2D eigenvalue weighted by molar-refractivity contribution is 7.45. The largest absolute Gasteiger partial charge is 0.756 e. The average Bonchev–Trinajstić information content (AvgIpc) is 0.913. The van der Waals surface area contributed by atoms with Gasteiger partial charge in [-0.3, -0.25) is 14.2 Å². The van der Waals surface area contributed by atoms with Crippen LogP contribution in [0.3, 0.4) is 0 Å². The molecule has 0 fully saturated rings. The van der Waals surface area contributed by atoms with Gasteiger partial charge in [0, 0.05) is 12.8 Å². The summed E-state index contributed by atoms with van der Waals surface area (Å²) in [7, 11) is 1.17.